The number of hydrogen-bond donors (Lipinski definition) is 2. The van der Waals surface area contributed by atoms with Gasteiger partial charge in [0.1, 0.15) is 5.82 Å². The van der Waals surface area contributed by atoms with Gasteiger partial charge in [-0.1, -0.05) is 12.8 Å². The van der Waals surface area contributed by atoms with Crippen LogP contribution in [0.4, 0.5) is 5.82 Å². The van der Waals surface area contributed by atoms with Gasteiger partial charge in [-0.3, -0.25) is 0 Å². The summed E-state index contributed by atoms with van der Waals surface area (Å²) in [6.07, 6.45) is 5.31. The normalized spacial score (nSPS) is 25.4. The minimum atomic E-state index is -0.311. The van der Waals surface area contributed by atoms with Crippen molar-refractivity contribution < 1.29 is 5.11 Å². The lowest BCUT2D eigenvalue weighted by molar-refractivity contribution is 0.116. The highest BCUT2D eigenvalue weighted by atomic mass is 79.9. The molecule has 1 aliphatic rings. The van der Waals surface area contributed by atoms with Crippen molar-refractivity contribution in [2.75, 3.05) is 5.32 Å². The van der Waals surface area contributed by atoms with E-state index in [1.807, 2.05) is 0 Å². The summed E-state index contributed by atoms with van der Waals surface area (Å²) in [6, 6.07) is 0.0519. The number of anilines is 1. The summed E-state index contributed by atoms with van der Waals surface area (Å²) >= 11 is 9.07. The fourth-order valence-corrected chi connectivity index (χ4v) is 2.34. The molecule has 1 aliphatic carbocycles. The predicted molar refractivity (Wildman–Crippen MR) is 66.6 cm³/mol. The van der Waals surface area contributed by atoms with Crippen molar-refractivity contribution >= 4 is 33.3 Å². The second kappa shape index (κ2) is 5.29. The average molecular weight is 307 g/mol. The van der Waals surface area contributed by atoms with E-state index in [0.717, 1.165) is 30.2 Å². The molecule has 1 fully saturated rings. The van der Waals surface area contributed by atoms with Crippen LogP contribution in [0.1, 0.15) is 25.7 Å². The SMILES string of the molecule is OC1CCCCC1Nc1nc(Cl)ncc1Br. The third-order valence-corrected chi connectivity index (χ3v) is 3.53. The fourth-order valence-electron chi connectivity index (χ4n) is 1.90. The van der Waals surface area contributed by atoms with E-state index >= 15 is 0 Å². The molecule has 1 aromatic heterocycles. The monoisotopic (exact) mass is 305 g/mol. The molecule has 2 rings (SSSR count). The zero-order chi connectivity index (χ0) is 11.5. The van der Waals surface area contributed by atoms with Gasteiger partial charge < -0.3 is 10.4 Å². The lowest BCUT2D eigenvalue weighted by atomic mass is 9.93. The van der Waals surface area contributed by atoms with E-state index < -0.39 is 0 Å². The first kappa shape index (κ1) is 12.1. The molecule has 1 aromatic rings. The van der Waals surface area contributed by atoms with Gasteiger partial charge in [-0.2, -0.15) is 4.98 Å². The molecule has 0 radical (unpaired) electrons. The Morgan fingerprint density at radius 3 is 2.94 bits per heavy atom. The summed E-state index contributed by atoms with van der Waals surface area (Å²) in [5.41, 5.74) is 0. The van der Waals surface area contributed by atoms with Crippen LogP contribution in [0.15, 0.2) is 10.7 Å². The van der Waals surface area contributed by atoms with Crippen LogP contribution >= 0.6 is 27.5 Å². The molecule has 1 heterocycles. The van der Waals surface area contributed by atoms with E-state index in [2.05, 4.69) is 31.2 Å². The molecule has 0 spiro atoms. The molecule has 4 nitrogen and oxygen atoms in total. The quantitative estimate of drug-likeness (QED) is 0.825. The van der Waals surface area contributed by atoms with Crippen LogP contribution in [0.5, 0.6) is 0 Å². The number of aromatic nitrogens is 2. The van der Waals surface area contributed by atoms with Crippen LogP contribution in [0.25, 0.3) is 0 Å². The van der Waals surface area contributed by atoms with E-state index in [-0.39, 0.29) is 17.4 Å². The van der Waals surface area contributed by atoms with Gasteiger partial charge in [-0.25, -0.2) is 4.98 Å². The first-order valence-corrected chi connectivity index (χ1v) is 6.46. The van der Waals surface area contributed by atoms with Crippen LogP contribution in [-0.2, 0) is 0 Å². The Kier molecular flexibility index (Phi) is 4.00. The lowest BCUT2D eigenvalue weighted by Crippen LogP contribution is -2.36. The van der Waals surface area contributed by atoms with Gasteiger partial charge >= 0.3 is 0 Å². The first-order valence-electron chi connectivity index (χ1n) is 5.29. The van der Waals surface area contributed by atoms with Crippen LogP contribution in [0, 0.1) is 0 Å². The topological polar surface area (TPSA) is 58.0 Å². The van der Waals surface area contributed by atoms with Gasteiger partial charge in [0.25, 0.3) is 0 Å². The predicted octanol–water partition coefficient (Wildman–Crippen LogP) is 2.61. The molecule has 0 saturated heterocycles. The zero-order valence-corrected chi connectivity index (χ0v) is 11.0. The summed E-state index contributed by atoms with van der Waals surface area (Å²) < 4.78 is 0.759. The van der Waals surface area contributed by atoms with E-state index in [1.165, 1.54) is 0 Å². The van der Waals surface area contributed by atoms with Gasteiger partial charge in [-0.05, 0) is 40.4 Å². The van der Waals surface area contributed by atoms with Crippen molar-refractivity contribution in [3.63, 3.8) is 0 Å². The van der Waals surface area contributed by atoms with Crippen LogP contribution in [0.2, 0.25) is 5.28 Å². The molecule has 2 N–H and O–H groups in total. The number of nitrogens with zero attached hydrogens (tertiary/aromatic N) is 2. The zero-order valence-electron chi connectivity index (χ0n) is 8.66. The molecule has 0 amide bonds. The molecular formula is C10H13BrClN3O. The molecule has 6 heteroatoms. The number of rotatable bonds is 2. The van der Waals surface area contributed by atoms with Gasteiger partial charge in [-0.15, -0.1) is 0 Å². The highest BCUT2D eigenvalue weighted by Crippen LogP contribution is 2.25. The summed E-state index contributed by atoms with van der Waals surface area (Å²) in [7, 11) is 0. The molecule has 0 aromatic carbocycles. The third-order valence-electron chi connectivity index (χ3n) is 2.77. The first-order chi connectivity index (χ1) is 7.66. The van der Waals surface area contributed by atoms with Crippen LogP contribution in [-0.4, -0.2) is 27.2 Å². The summed E-state index contributed by atoms with van der Waals surface area (Å²) in [6.45, 7) is 0. The second-order valence-electron chi connectivity index (χ2n) is 3.94. The summed E-state index contributed by atoms with van der Waals surface area (Å²) in [4.78, 5) is 7.94. The van der Waals surface area contributed by atoms with Crippen molar-refractivity contribution in [1.82, 2.24) is 9.97 Å². The van der Waals surface area contributed by atoms with Crippen molar-refractivity contribution in [3.8, 4) is 0 Å². The summed E-state index contributed by atoms with van der Waals surface area (Å²) in [5, 5.41) is 13.2. The second-order valence-corrected chi connectivity index (χ2v) is 5.13. The molecule has 88 valence electrons. The minimum absolute atomic E-state index is 0.0519. The molecule has 2 atom stereocenters. The van der Waals surface area contributed by atoms with Crippen molar-refractivity contribution in [1.29, 1.82) is 0 Å². The highest BCUT2D eigenvalue weighted by Gasteiger charge is 2.23. The van der Waals surface area contributed by atoms with Gasteiger partial charge in [0.2, 0.25) is 5.28 Å². The number of aliphatic hydroxyl groups is 1. The van der Waals surface area contributed by atoms with E-state index in [1.54, 1.807) is 6.20 Å². The smallest absolute Gasteiger partial charge is 0.224 e. The number of halogens is 2. The summed E-state index contributed by atoms with van der Waals surface area (Å²) in [5.74, 6) is 0.644. The lowest BCUT2D eigenvalue weighted by Gasteiger charge is -2.28. The molecule has 1 saturated carbocycles. The molecule has 2 unspecified atom stereocenters. The maximum absolute atomic E-state index is 9.84. The Balaban J connectivity index is 2.10. The molecule has 0 aliphatic heterocycles. The minimum Gasteiger partial charge on any atom is -0.391 e. The van der Waals surface area contributed by atoms with Crippen molar-refractivity contribution in [2.45, 2.75) is 37.8 Å². The number of aliphatic hydroxyl groups excluding tert-OH is 1. The van der Waals surface area contributed by atoms with Gasteiger partial charge in [0.15, 0.2) is 0 Å². The Morgan fingerprint density at radius 1 is 1.44 bits per heavy atom. The maximum Gasteiger partial charge on any atom is 0.224 e. The van der Waals surface area contributed by atoms with E-state index in [9.17, 15) is 5.11 Å². The number of hydrogen-bond acceptors (Lipinski definition) is 4. The van der Waals surface area contributed by atoms with Gasteiger partial charge in [0, 0.05) is 6.20 Å². The number of nitrogens with one attached hydrogen (secondary N) is 1. The van der Waals surface area contributed by atoms with Gasteiger partial charge in [0.05, 0.1) is 16.6 Å². The van der Waals surface area contributed by atoms with E-state index in [4.69, 9.17) is 11.6 Å². The molecular weight excluding hydrogens is 293 g/mol. The maximum atomic E-state index is 9.84. The standard InChI is InChI=1S/C10H13BrClN3O/c11-6-5-13-10(12)15-9(6)14-7-3-1-2-4-8(7)16/h5,7-8,16H,1-4H2,(H,13,14,15). The Hall–Kier alpha value is -0.390. The van der Waals surface area contributed by atoms with Crippen LogP contribution < -0.4 is 5.32 Å². The van der Waals surface area contributed by atoms with Crippen molar-refractivity contribution in [3.05, 3.63) is 16.0 Å². The molecule has 16 heavy (non-hydrogen) atoms. The Labute approximate surface area is 108 Å². The Morgan fingerprint density at radius 2 is 2.19 bits per heavy atom. The molecule has 0 bridgehead atoms. The highest BCUT2D eigenvalue weighted by molar-refractivity contribution is 9.10. The third kappa shape index (κ3) is 2.84. The van der Waals surface area contributed by atoms with Crippen LogP contribution in [0.3, 0.4) is 0 Å². The van der Waals surface area contributed by atoms with E-state index in [0.29, 0.717) is 5.82 Å². The van der Waals surface area contributed by atoms with Crippen molar-refractivity contribution in [2.24, 2.45) is 0 Å². The largest absolute Gasteiger partial charge is 0.391 e. The average Bonchev–Trinajstić information content (AvgIpc) is 2.27. The fraction of sp³-hybridized carbons (Fsp3) is 0.600. The Bertz CT molecular complexity index is 377.